The molecule has 0 aliphatic carbocycles. The highest BCUT2D eigenvalue weighted by Gasteiger charge is 2.33. The summed E-state index contributed by atoms with van der Waals surface area (Å²) < 4.78 is 0. The summed E-state index contributed by atoms with van der Waals surface area (Å²) in [6.07, 6.45) is 0. The summed E-state index contributed by atoms with van der Waals surface area (Å²) >= 11 is 0. The number of aliphatic hydroxyl groups is 1. The number of fused-ring (bicyclic) bond motifs is 1. The first-order chi connectivity index (χ1) is 11.8. The highest BCUT2D eigenvalue weighted by molar-refractivity contribution is 5.83. The summed E-state index contributed by atoms with van der Waals surface area (Å²) in [6, 6.07) is 34.1. The van der Waals surface area contributed by atoms with Crippen LogP contribution in [-0.2, 0) is 5.60 Å². The average molecular weight is 310 g/mol. The molecule has 0 amide bonds. The Bertz CT molecular complexity index is 919. The molecule has 0 atom stereocenters. The normalized spacial score (nSPS) is 11.5. The smallest absolute Gasteiger partial charge is 0.140 e. The van der Waals surface area contributed by atoms with E-state index in [1.807, 2.05) is 78.9 Å². The van der Waals surface area contributed by atoms with Crippen LogP contribution in [0.2, 0.25) is 0 Å². The van der Waals surface area contributed by atoms with Gasteiger partial charge in [-0.05, 0) is 33.5 Å². The lowest BCUT2D eigenvalue weighted by molar-refractivity contribution is 0.126. The SMILES string of the molecule is OC(c1ccccc1)(c1ccccc1)c1ccc2ccccc2c1. The van der Waals surface area contributed by atoms with E-state index in [1.165, 1.54) is 5.39 Å². The third-order valence-electron chi connectivity index (χ3n) is 4.55. The van der Waals surface area contributed by atoms with Crippen molar-refractivity contribution in [2.75, 3.05) is 0 Å². The molecular weight excluding hydrogens is 292 g/mol. The van der Waals surface area contributed by atoms with Gasteiger partial charge in [0.2, 0.25) is 0 Å². The summed E-state index contributed by atoms with van der Waals surface area (Å²) in [5.74, 6) is 0. The van der Waals surface area contributed by atoms with Gasteiger partial charge < -0.3 is 5.11 Å². The van der Waals surface area contributed by atoms with Gasteiger partial charge in [0.15, 0.2) is 0 Å². The first-order valence-electron chi connectivity index (χ1n) is 8.11. The highest BCUT2D eigenvalue weighted by atomic mass is 16.3. The molecule has 0 aliphatic rings. The summed E-state index contributed by atoms with van der Waals surface area (Å²) in [4.78, 5) is 0. The van der Waals surface area contributed by atoms with Gasteiger partial charge in [0.1, 0.15) is 5.60 Å². The van der Waals surface area contributed by atoms with Crippen molar-refractivity contribution >= 4 is 10.8 Å². The zero-order valence-electron chi connectivity index (χ0n) is 13.3. The monoisotopic (exact) mass is 310 g/mol. The van der Waals surface area contributed by atoms with E-state index in [4.69, 9.17) is 0 Å². The molecular formula is C23H18O. The number of hydrogen-bond acceptors (Lipinski definition) is 1. The fourth-order valence-corrected chi connectivity index (χ4v) is 3.27. The molecule has 4 rings (SSSR count). The third kappa shape index (κ3) is 2.40. The summed E-state index contributed by atoms with van der Waals surface area (Å²) in [5.41, 5.74) is 1.43. The van der Waals surface area contributed by atoms with Crippen molar-refractivity contribution in [3.8, 4) is 0 Å². The third-order valence-corrected chi connectivity index (χ3v) is 4.55. The number of benzene rings is 4. The van der Waals surface area contributed by atoms with E-state index in [9.17, 15) is 5.11 Å². The largest absolute Gasteiger partial charge is 0.376 e. The molecule has 0 bridgehead atoms. The molecule has 4 aromatic carbocycles. The van der Waals surface area contributed by atoms with E-state index in [-0.39, 0.29) is 0 Å². The Morgan fingerprint density at radius 3 is 1.54 bits per heavy atom. The molecule has 0 aromatic heterocycles. The van der Waals surface area contributed by atoms with E-state index in [0.717, 1.165) is 22.1 Å². The zero-order chi connectivity index (χ0) is 16.4. The van der Waals surface area contributed by atoms with Gasteiger partial charge in [-0.25, -0.2) is 0 Å². The van der Waals surface area contributed by atoms with Gasteiger partial charge in [-0.2, -0.15) is 0 Å². The Morgan fingerprint density at radius 1 is 0.458 bits per heavy atom. The lowest BCUT2D eigenvalue weighted by atomic mass is 9.80. The second-order valence-corrected chi connectivity index (χ2v) is 6.00. The van der Waals surface area contributed by atoms with Gasteiger partial charge in [0, 0.05) is 0 Å². The van der Waals surface area contributed by atoms with Crippen LogP contribution in [0.3, 0.4) is 0 Å². The van der Waals surface area contributed by atoms with Gasteiger partial charge in [-0.1, -0.05) is 97.1 Å². The lowest BCUT2D eigenvalue weighted by Crippen LogP contribution is -2.28. The molecule has 0 fully saturated rings. The average Bonchev–Trinajstić information content (AvgIpc) is 2.68. The minimum Gasteiger partial charge on any atom is -0.376 e. The molecule has 4 aromatic rings. The van der Waals surface area contributed by atoms with Gasteiger partial charge in [-0.3, -0.25) is 0 Å². The Morgan fingerprint density at radius 2 is 0.958 bits per heavy atom. The maximum Gasteiger partial charge on any atom is 0.140 e. The highest BCUT2D eigenvalue weighted by Crippen LogP contribution is 2.37. The van der Waals surface area contributed by atoms with E-state index >= 15 is 0 Å². The fourth-order valence-electron chi connectivity index (χ4n) is 3.27. The Kier molecular flexibility index (Phi) is 3.64. The van der Waals surface area contributed by atoms with Crippen LogP contribution in [0, 0.1) is 0 Å². The summed E-state index contributed by atoms with van der Waals surface area (Å²) in [6.45, 7) is 0. The van der Waals surface area contributed by atoms with Gasteiger partial charge in [0.05, 0.1) is 0 Å². The molecule has 0 saturated heterocycles. The van der Waals surface area contributed by atoms with Crippen LogP contribution in [0.15, 0.2) is 103 Å². The van der Waals surface area contributed by atoms with Crippen molar-refractivity contribution in [2.24, 2.45) is 0 Å². The van der Waals surface area contributed by atoms with Crippen LogP contribution in [-0.4, -0.2) is 5.11 Å². The van der Waals surface area contributed by atoms with Crippen LogP contribution in [0.25, 0.3) is 10.8 Å². The predicted octanol–water partition coefficient (Wildman–Crippen LogP) is 5.12. The molecule has 1 N–H and O–H groups in total. The molecule has 0 unspecified atom stereocenters. The van der Waals surface area contributed by atoms with E-state index < -0.39 is 5.60 Å². The van der Waals surface area contributed by atoms with Gasteiger partial charge >= 0.3 is 0 Å². The molecule has 1 heteroatoms. The van der Waals surface area contributed by atoms with Crippen LogP contribution >= 0.6 is 0 Å². The Labute approximate surface area is 141 Å². The topological polar surface area (TPSA) is 20.2 Å². The van der Waals surface area contributed by atoms with E-state index in [2.05, 4.69) is 24.3 Å². The standard InChI is InChI=1S/C23H18O/c24-23(20-11-3-1-4-12-20,21-13-5-2-6-14-21)22-16-15-18-9-7-8-10-19(18)17-22/h1-17,24H. The second kappa shape index (κ2) is 5.95. The minimum atomic E-state index is -1.17. The second-order valence-electron chi connectivity index (χ2n) is 6.00. The molecule has 0 aliphatic heterocycles. The molecule has 0 saturated carbocycles. The first kappa shape index (κ1) is 14.7. The lowest BCUT2D eigenvalue weighted by Gasteiger charge is -2.30. The molecule has 0 spiro atoms. The van der Waals surface area contributed by atoms with Crippen LogP contribution in [0.5, 0.6) is 0 Å². The van der Waals surface area contributed by atoms with Gasteiger partial charge in [-0.15, -0.1) is 0 Å². The minimum absolute atomic E-state index is 0.867. The van der Waals surface area contributed by atoms with Crippen LogP contribution < -0.4 is 0 Å². The van der Waals surface area contributed by atoms with Crippen LogP contribution in [0.1, 0.15) is 16.7 Å². The van der Waals surface area contributed by atoms with Crippen molar-refractivity contribution in [3.05, 3.63) is 120 Å². The zero-order valence-corrected chi connectivity index (χ0v) is 13.3. The summed E-state index contributed by atoms with van der Waals surface area (Å²) in [7, 11) is 0. The van der Waals surface area contributed by atoms with E-state index in [1.54, 1.807) is 0 Å². The number of hydrogen-bond donors (Lipinski definition) is 1. The molecule has 116 valence electrons. The van der Waals surface area contributed by atoms with Gasteiger partial charge in [0.25, 0.3) is 0 Å². The maximum absolute atomic E-state index is 11.8. The predicted molar refractivity (Wildman–Crippen MR) is 98.9 cm³/mol. The molecule has 0 radical (unpaired) electrons. The summed E-state index contributed by atoms with van der Waals surface area (Å²) in [5, 5.41) is 14.1. The molecule has 1 nitrogen and oxygen atoms in total. The quantitative estimate of drug-likeness (QED) is 0.520. The van der Waals surface area contributed by atoms with Crippen molar-refractivity contribution in [3.63, 3.8) is 0 Å². The number of rotatable bonds is 3. The fraction of sp³-hybridized carbons (Fsp3) is 0.0435. The van der Waals surface area contributed by atoms with Crippen molar-refractivity contribution < 1.29 is 5.11 Å². The Hall–Kier alpha value is -2.90. The van der Waals surface area contributed by atoms with Crippen LogP contribution in [0.4, 0.5) is 0 Å². The molecule has 0 heterocycles. The van der Waals surface area contributed by atoms with Crippen molar-refractivity contribution in [1.82, 2.24) is 0 Å². The maximum atomic E-state index is 11.8. The Balaban J connectivity index is 1.98. The van der Waals surface area contributed by atoms with Crippen molar-refractivity contribution in [2.45, 2.75) is 5.60 Å². The molecule has 24 heavy (non-hydrogen) atoms. The van der Waals surface area contributed by atoms with Crippen molar-refractivity contribution in [1.29, 1.82) is 0 Å². The van der Waals surface area contributed by atoms with E-state index in [0.29, 0.717) is 0 Å². The first-order valence-corrected chi connectivity index (χ1v) is 8.11.